The highest BCUT2D eigenvalue weighted by molar-refractivity contribution is 8.18. The number of hydrogen-bond donors (Lipinski definition) is 1. The number of aromatic carboxylic acids is 1. The van der Waals surface area contributed by atoms with Crippen LogP contribution in [0, 0.1) is 5.82 Å². The zero-order chi connectivity index (χ0) is 27.2. The van der Waals surface area contributed by atoms with Crippen LogP contribution in [0.2, 0.25) is 5.02 Å². The van der Waals surface area contributed by atoms with Crippen LogP contribution in [0.4, 0.5) is 10.1 Å². The van der Waals surface area contributed by atoms with E-state index in [0.29, 0.717) is 45.8 Å². The van der Waals surface area contributed by atoms with Gasteiger partial charge in [0.1, 0.15) is 12.4 Å². The SMILES string of the molecule is CCOc1cc(C=C2SC(=Nc3cccc(C(=O)O)c3)N(CC)C2=O)cc(Cl)c1OCc1ccccc1F. The van der Waals surface area contributed by atoms with Gasteiger partial charge in [0.25, 0.3) is 5.91 Å². The molecule has 3 aromatic carbocycles. The molecule has 0 saturated carbocycles. The van der Waals surface area contributed by atoms with E-state index in [0.717, 1.165) is 0 Å². The summed E-state index contributed by atoms with van der Waals surface area (Å²) >= 11 is 7.71. The number of halogens is 2. The third kappa shape index (κ3) is 6.17. The summed E-state index contributed by atoms with van der Waals surface area (Å²) < 4.78 is 25.6. The lowest BCUT2D eigenvalue weighted by atomic mass is 10.1. The molecule has 0 atom stereocenters. The molecule has 4 rings (SSSR count). The van der Waals surface area contributed by atoms with Gasteiger partial charge in [0.05, 0.1) is 27.8 Å². The minimum absolute atomic E-state index is 0.0321. The minimum atomic E-state index is -1.06. The maximum atomic E-state index is 14.0. The first kappa shape index (κ1) is 27.2. The third-order valence-corrected chi connectivity index (χ3v) is 6.77. The highest BCUT2D eigenvalue weighted by Gasteiger charge is 2.32. The molecule has 38 heavy (non-hydrogen) atoms. The number of thioether (sulfide) groups is 1. The molecule has 0 bridgehead atoms. The number of carbonyl (C=O) groups excluding carboxylic acids is 1. The molecule has 1 aliphatic heterocycles. The number of hydrogen-bond acceptors (Lipinski definition) is 6. The Kier molecular flexibility index (Phi) is 8.70. The Bertz CT molecular complexity index is 1440. The first-order valence-corrected chi connectivity index (χ1v) is 13.0. The summed E-state index contributed by atoms with van der Waals surface area (Å²) in [4.78, 5) is 30.8. The summed E-state index contributed by atoms with van der Waals surface area (Å²) in [5.74, 6) is -1.03. The van der Waals surface area contributed by atoms with Gasteiger partial charge in [0, 0.05) is 12.1 Å². The zero-order valence-corrected chi connectivity index (χ0v) is 22.2. The smallest absolute Gasteiger partial charge is 0.335 e. The molecule has 3 aromatic rings. The number of carboxylic acids is 1. The van der Waals surface area contributed by atoms with E-state index in [9.17, 15) is 19.1 Å². The average Bonchev–Trinajstić information content (AvgIpc) is 3.18. The first-order chi connectivity index (χ1) is 18.3. The molecule has 1 saturated heterocycles. The molecular weight excluding hydrogens is 531 g/mol. The van der Waals surface area contributed by atoms with Crippen LogP contribution in [0.5, 0.6) is 11.5 Å². The number of carboxylic acid groups (broad SMARTS) is 1. The molecule has 0 radical (unpaired) electrons. The monoisotopic (exact) mass is 554 g/mol. The zero-order valence-electron chi connectivity index (χ0n) is 20.6. The van der Waals surface area contributed by atoms with Crippen LogP contribution in [-0.4, -0.2) is 40.2 Å². The van der Waals surface area contributed by atoms with Crippen LogP contribution in [-0.2, 0) is 11.4 Å². The van der Waals surface area contributed by atoms with Gasteiger partial charge in [0.15, 0.2) is 16.7 Å². The number of aliphatic imine (C=N–C) groups is 1. The van der Waals surface area contributed by atoms with Crippen LogP contribution >= 0.6 is 23.4 Å². The second kappa shape index (κ2) is 12.1. The van der Waals surface area contributed by atoms with Gasteiger partial charge in [-0.1, -0.05) is 35.9 Å². The van der Waals surface area contributed by atoms with Gasteiger partial charge in [-0.2, -0.15) is 0 Å². The third-order valence-electron chi connectivity index (χ3n) is 5.48. The topological polar surface area (TPSA) is 88.4 Å². The standard InChI is InChI=1S/C28H24ClFN2O5S/c1-3-32-26(33)24(38-28(32)31-20-10-7-9-18(15-20)27(34)35)14-17-12-21(29)25(23(13-17)36-4-2)37-16-19-8-5-6-11-22(19)30/h5-15H,3-4,16H2,1-2H3,(H,34,35). The maximum absolute atomic E-state index is 14.0. The molecule has 1 fully saturated rings. The molecule has 10 heteroatoms. The summed E-state index contributed by atoms with van der Waals surface area (Å²) in [6.45, 7) is 4.34. The van der Waals surface area contributed by atoms with Crippen molar-refractivity contribution in [2.75, 3.05) is 13.2 Å². The number of likely N-dealkylation sites (N-methyl/N-ethyl adjacent to an activating group) is 1. The number of amides is 1. The Hall–Kier alpha value is -3.82. The molecular formula is C28H24ClFN2O5S. The van der Waals surface area contributed by atoms with Gasteiger partial charge < -0.3 is 14.6 Å². The van der Waals surface area contributed by atoms with Gasteiger partial charge in [-0.15, -0.1) is 0 Å². The van der Waals surface area contributed by atoms with Gasteiger partial charge in [-0.05, 0) is 73.6 Å². The number of carbonyl (C=O) groups is 2. The van der Waals surface area contributed by atoms with Crippen LogP contribution < -0.4 is 9.47 Å². The molecule has 0 spiro atoms. The Labute approximate surface area is 228 Å². The van der Waals surface area contributed by atoms with Crippen LogP contribution in [0.3, 0.4) is 0 Å². The van der Waals surface area contributed by atoms with E-state index in [1.807, 2.05) is 13.8 Å². The molecule has 1 heterocycles. The van der Waals surface area contributed by atoms with Crippen LogP contribution in [0.25, 0.3) is 6.08 Å². The fourth-order valence-electron chi connectivity index (χ4n) is 3.68. The lowest BCUT2D eigenvalue weighted by molar-refractivity contribution is -0.122. The number of nitrogens with zero attached hydrogens (tertiary/aromatic N) is 2. The fraction of sp³-hybridized carbons (Fsp3) is 0.179. The van der Waals surface area contributed by atoms with Crippen molar-refractivity contribution in [3.05, 3.63) is 93.1 Å². The van der Waals surface area contributed by atoms with Crippen molar-refractivity contribution in [1.82, 2.24) is 4.90 Å². The summed E-state index contributed by atoms with van der Waals surface area (Å²) in [5, 5.41) is 9.94. The highest BCUT2D eigenvalue weighted by Crippen LogP contribution is 2.40. The van der Waals surface area contributed by atoms with E-state index in [4.69, 9.17) is 21.1 Å². The van der Waals surface area contributed by atoms with E-state index < -0.39 is 5.97 Å². The predicted octanol–water partition coefficient (Wildman–Crippen LogP) is 6.78. The normalized spacial score (nSPS) is 15.4. The minimum Gasteiger partial charge on any atom is -0.490 e. The Morgan fingerprint density at radius 3 is 2.63 bits per heavy atom. The molecule has 1 aliphatic rings. The Morgan fingerprint density at radius 2 is 1.92 bits per heavy atom. The first-order valence-electron chi connectivity index (χ1n) is 11.8. The summed E-state index contributed by atoms with van der Waals surface area (Å²) in [6.07, 6.45) is 1.68. The quantitative estimate of drug-likeness (QED) is 0.293. The molecule has 196 valence electrons. The van der Waals surface area contributed by atoms with Crippen molar-refractivity contribution in [2.45, 2.75) is 20.5 Å². The summed E-state index contributed by atoms with van der Waals surface area (Å²) in [6, 6.07) is 15.9. The van der Waals surface area contributed by atoms with E-state index in [-0.39, 0.29) is 34.7 Å². The molecule has 7 nitrogen and oxygen atoms in total. The predicted molar refractivity (Wildman–Crippen MR) is 147 cm³/mol. The van der Waals surface area contributed by atoms with Gasteiger partial charge in [-0.25, -0.2) is 14.2 Å². The summed E-state index contributed by atoms with van der Waals surface area (Å²) in [5.41, 5.74) is 1.52. The number of benzene rings is 3. The van der Waals surface area contributed by atoms with Crippen LogP contribution in [0.1, 0.15) is 35.3 Å². The summed E-state index contributed by atoms with van der Waals surface area (Å²) in [7, 11) is 0. The van der Waals surface area contributed by atoms with E-state index in [1.54, 1.807) is 48.5 Å². The second-order valence-electron chi connectivity index (χ2n) is 8.05. The van der Waals surface area contributed by atoms with E-state index >= 15 is 0 Å². The van der Waals surface area contributed by atoms with Crippen molar-refractivity contribution >= 4 is 52.2 Å². The molecule has 0 unspecified atom stereocenters. The molecule has 0 aromatic heterocycles. The van der Waals surface area contributed by atoms with Gasteiger partial charge >= 0.3 is 5.97 Å². The lowest BCUT2D eigenvalue weighted by Gasteiger charge is -2.15. The van der Waals surface area contributed by atoms with Crippen molar-refractivity contribution in [2.24, 2.45) is 4.99 Å². The molecule has 0 aliphatic carbocycles. The van der Waals surface area contributed by atoms with Crippen molar-refractivity contribution < 1.29 is 28.6 Å². The van der Waals surface area contributed by atoms with E-state index in [1.165, 1.54) is 34.9 Å². The lowest BCUT2D eigenvalue weighted by Crippen LogP contribution is -2.28. The fourth-order valence-corrected chi connectivity index (χ4v) is 5.02. The van der Waals surface area contributed by atoms with Crippen LogP contribution in [0.15, 0.2) is 70.6 Å². The van der Waals surface area contributed by atoms with Crippen molar-refractivity contribution in [1.29, 1.82) is 0 Å². The number of ether oxygens (including phenoxy) is 2. The maximum Gasteiger partial charge on any atom is 0.335 e. The largest absolute Gasteiger partial charge is 0.490 e. The Morgan fingerprint density at radius 1 is 1.13 bits per heavy atom. The molecule has 1 N–H and O–H groups in total. The second-order valence-corrected chi connectivity index (χ2v) is 9.47. The van der Waals surface area contributed by atoms with E-state index in [2.05, 4.69) is 4.99 Å². The van der Waals surface area contributed by atoms with Gasteiger partial charge in [0.2, 0.25) is 0 Å². The number of rotatable bonds is 9. The highest BCUT2D eigenvalue weighted by atomic mass is 35.5. The molecule has 1 amide bonds. The Balaban J connectivity index is 1.62. The average molecular weight is 555 g/mol. The number of amidine groups is 1. The van der Waals surface area contributed by atoms with Gasteiger partial charge in [-0.3, -0.25) is 9.69 Å². The van der Waals surface area contributed by atoms with Crippen molar-refractivity contribution in [3.63, 3.8) is 0 Å². The van der Waals surface area contributed by atoms with Crippen molar-refractivity contribution in [3.8, 4) is 11.5 Å².